The van der Waals surface area contributed by atoms with Crippen molar-refractivity contribution in [3.63, 3.8) is 0 Å². The van der Waals surface area contributed by atoms with Gasteiger partial charge in [-0.25, -0.2) is 0 Å². The Hall–Kier alpha value is -1.84. The molecule has 0 aromatic heterocycles. The molecule has 0 saturated heterocycles. The van der Waals surface area contributed by atoms with Crippen molar-refractivity contribution in [1.82, 2.24) is 0 Å². The van der Waals surface area contributed by atoms with Crippen molar-refractivity contribution < 1.29 is 5.06 Å². The van der Waals surface area contributed by atoms with Crippen LogP contribution in [0.5, 0.6) is 0 Å². The maximum atomic E-state index is 12.0. The van der Waals surface area contributed by atoms with Crippen molar-refractivity contribution in [3.8, 4) is 0 Å². The molecule has 82 valence electrons. The Bertz CT molecular complexity index is 417. The predicted molar refractivity (Wildman–Crippen MR) is 65.7 cm³/mol. The van der Waals surface area contributed by atoms with Gasteiger partial charge >= 0.3 is 0 Å². The van der Waals surface area contributed by atoms with Gasteiger partial charge in [0.15, 0.2) is 0 Å². The third-order valence-corrected chi connectivity index (χ3v) is 2.49. The van der Waals surface area contributed by atoms with Crippen LogP contribution in [0.1, 0.15) is 5.56 Å². The van der Waals surface area contributed by atoms with Gasteiger partial charge in [-0.2, -0.15) is 0 Å². The second kappa shape index (κ2) is 4.35. The summed E-state index contributed by atoms with van der Waals surface area (Å²) < 4.78 is 0. The summed E-state index contributed by atoms with van der Waals surface area (Å²) in [5, 5.41) is 12.1. The lowest BCUT2D eigenvalue weighted by Gasteiger charge is -2.21. The molecule has 0 radical (unpaired) electrons. The van der Waals surface area contributed by atoms with Crippen LogP contribution in [0.4, 0.5) is 17.1 Å². The molecule has 0 aliphatic rings. The molecule has 3 nitrogen and oxygen atoms in total. The summed E-state index contributed by atoms with van der Waals surface area (Å²) in [4.78, 5) is 0. The fourth-order valence-electron chi connectivity index (χ4n) is 1.51. The number of aryl methyl sites for hydroxylation is 1. The molecule has 1 atom stereocenters. The topological polar surface area (TPSA) is 53.5 Å². The Morgan fingerprint density at radius 3 is 1.81 bits per heavy atom. The first-order chi connectivity index (χ1) is 7.66. The van der Waals surface area contributed by atoms with Gasteiger partial charge in [0, 0.05) is 30.0 Å². The Morgan fingerprint density at radius 2 is 1.31 bits per heavy atom. The van der Waals surface area contributed by atoms with Gasteiger partial charge in [0.1, 0.15) is 11.4 Å². The van der Waals surface area contributed by atoms with Crippen LogP contribution >= 0.6 is 0 Å². The second-order valence-electron chi connectivity index (χ2n) is 3.82. The SMILES string of the molecule is Cc1ccc([NH+]([O-])c2ccc(N)cc2)cc1. The van der Waals surface area contributed by atoms with Gasteiger partial charge in [-0.1, -0.05) is 17.7 Å². The highest BCUT2D eigenvalue weighted by molar-refractivity contribution is 5.46. The zero-order chi connectivity index (χ0) is 11.5. The summed E-state index contributed by atoms with van der Waals surface area (Å²) in [7, 11) is 0. The predicted octanol–water partition coefficient (Wildman–Crippen LogP) is 1.92. The molecular formula is C13H14N2O. The van der Waals surface area contributed by atoms with E-state index in [4.69, 9.17) is 5.73 Å². The van der Waals surface area contributed by atoms with Crippen molar-refractivity contribution in [2.45, 2.75) is 6.92 Å². The highest BCUT2D eigenvalue weighted by Gasteiger charge is 2.05. The lowest BCUT2D eigenvalue weighted by Crippen LogP contribution is -2.96. The number of hydrogen-bond donors (Lipinski definition) is 2. The first kappa shape index (κ1) is 10.7. The van der Waals surface area contributed by atoms with Gasteiger partial charge in [0.05, 0.1) is 0 Å². The summed E-state index contributed by atoms with van der Waals surface area (Å²) in [5.74, 6) is 0. The number of quaternary nitrogens is 1. The number of nitrogen functional groups attached to an aromatic ring is 1. The van der Waals surface area contributed by atoms with E-state index in [-0.39, 0.29) is 5.06 Å². The lowest BCUT2D eigenvalue weighted by molar-refractivity contribution is -0.698. The molecule has 2 rings (SSSR count). The zero-order valence-corrected chi connectivity index (χ0v) is 9.10. The minimum atomic E-state index is 0.0278. The fraction of sp³-hybridized carbons (Fsp3) is 0.0769. The normalized spacial score (nSPS) is 12.4. The number of rotatable bonds is 2. The molecule has 0 saturated carbocycles. The van der Waals surface area contributed by atoms with Gasteiger partial charge in [-0.3, -0.25) is 0 Å². The smallest absolute Gasteiger partial charge is 0.136 e. The van der Waals surface area contributed by atoms with Crippen molar-refractivity contribution in [3.05, 3.63) is 59.3 Å². The number of benzene rings is 2. The Morgan fingerprint density at radius 1 is 0.875 bits per heavy atom. The number of nitrogens with one attached hydrogen (secondary N) is 1. The van der Waals surface area contributed by atoms with Crippen molar-refractivity contribution in [1.29, 1.82) is 0 Å². The monoisotopic (exact) mass is 214 g/mol. The first-order valence-corrected chi connectivity index (χ1v) is 5.14. The molecule has 2 aromatic rings. The van der Waals surface area contributed by atoms with Gasteiger partial charge in [0.2, 0.25) is 0 Å². The molecule has 0 aliphatic heterocycles. The molecule has 0 spiro atoms. The lowest BCUT2D eigenvalue weighted by atomic mass is 10.2. The van der Waals surface area contributed by atoms with Crippen LogP contribution in [0.15, 0.2) is 48.5 Å². The van der Waals surface area contributed by atoms with E-state index in [0.717, 1.165) is 5.56 Å². The van der Waals surface area contributed by atoms with E-state index in [9.17, 15) is 5.21 Å². The Kier molecular flexibility index (Phi) is 2.90. The quantitative estimate of drug-likeness (QED) is 0.592. The van der Waals surface area contributed by atoms with E-state index >= 15 is 0 Å². The van der Waals surface area contributed by atoms with E-state index in [2.05, 4.69) is 0 Å². The maximum absolute atomic E-state index is 12.0. The fourth-order valence-corrected chi connectivity index (χ4v) is 1.51. The average molecular weight is 214 g/mol. The van der Waals surface area contributed by atoms with E-state index in [0.29, 0.717) is 17.1 Å². The second-order valence-corrected chi connectivity index (χ2v) is 3.82. The molecule has 3 heteroatoms. The Labute approximate surface area is 94.7 Å². The average Bonchev–Trinajstić information content (AvgIpc) is 2.30. The highest BCUT2D eigenvalue weighted by atomic mass is 16.5. The molecule has 0 heterocycles. The summed E-state index contributed by atoms with van der Waals surface area (Å²) in [6, 6.07) is 14.5. The molecule has 1 unspecified atom stereocenters. The molecule has 0 amide bonds. The molecular weight excluding hydrogens is 200 g/mol. The Balaban J connectivity index is 2.28. The van der Waals surface area contributed by atoms with E-state index in [1.807, 2.05) is 31.2 Å². The third kappa shape index (κ3) is 2.21. The van der Waals surface area contributed by atoms with Crippen LogP contribution < -0.4 is 10.8 Å². The van der Waals surface area contributed by atoms with Gasteiger partial charge in [-0.05, 0) is 19.1 Å². The number of anilines is 1. The summed E-state index contributed by atoms with van der Waals surface area (Å²) in [6.07, 6.45) is 0. The van der Waals surface area contributed by atoms with Crippen molar-refractivity contribution in [2.75, 3.05) is 5.73 Å². The van der Waals surface area contributed by atoms with E-state index in [1.165, 1.54) is 0 Å². The van der Waals surface area contributed by atoms with Gasteiger partial charge in [-0.15, -0.1) is 0 Å². The van der Waals surface area contributed by atoms with Crippen LogP contribution in [0.3, 0.4) is 0 Å². The number of nitrogens with two attached hydrogens (primary N) is 1. The molecule has 0 aliphatic carbocycles. The molecule has 0 bridgehead atoms. The summed E-state index contributed by atoms with van der Waals surface area (Å²) in [5.41, 5.74) is 8.76. The van der Waals surface area contributed by atoms with Crippen LogP contribution in [0, 0.1) is 12.1 Å². The van der Waals surface area contributed by atoms with Crippen molar-refractivity contribution >= 4 is 17.1 Å². The minimum absolute atomic E-state index is 0.0278. The maximum Gasteiger partial charge on any atom is 0.136 e. The van der Waals surface area contributed by atoms with Crippen LogP contribution in [-0.2, 0) is 0 Å². The molecule has 3 N–H and O–H groups in total. The third-order valence-electron chi connectivity index (χ3n) is 2.49. The molecule has 2 aromatic carbocycles. The van der Waals surface area contributed by atoms with E-state index in [1.54, 1.807) is 24.3 Å². The summed E-state index contributed by atoms with van der Waals surface area (Å²) in [6.45, 7) is 2.00. The first-order valence-electron chi connectivity index (χ1n) is 5.14. The van der Waals surface area contributed by atoms with E-state index < -0.39 is 0 Å². The van der Waals surface area contributed by atoms with Crippen LogP contribution in [0.2, 0.25) is 0 Å². The minimum Gasteiger partial charge on any atom is -0.623 e. The van der Waals surface area contributed by atoms with Crippen LogP contribution in [-0.4, -0.2) is 0 Å². The summed E-state index contributed by atoms with van der Waals surface area (Å²) >= 11 is 0. The van der Waals surface area contributed by atoms with Gasteiger partial charge in [0.25, 0.3) is 0 Å². The van der Waals surface area contributed by atoms with Crippen molar-refractivity contribution in [2.24, 2.45) is 0 Å². The largest absolute Gasteiger partial charge is 0.623 e. The molecule has 16 heavy (non-hydrogen) atoms. The highest BCUT2D eigenvalue weighted by Crippen LogP contribution is 2.11. The molecule has 0 fully saturated rings. The van der Waals surface area contributed by atoms with Crippen LogP contribution in [0.25, 0.3) is 0 Å². The van der Waals surface area contributed by atoms with Gasteiger partial charge < -0.3 is 16.0 Å². The number of hydrogen-bond acceptors (Lipinski definition) is 2. The standard InChI is InChI=1S/C13H14N2O/c1-10-2-6-12(7-3-10)15(16)13-8-4-11(14)5-9-13/h2-9,15H,14H2,1H3. The zero-order valence-electron chi connectivity index (χ0n) is 9.10.